The molecule has 0 unspecified atom stereocenters. The normalized spacial score (nSPS) is 11.3. The highest BCUT2D eigenvalue weighted by Gasteiger charge is 2.16. The maximum atomic E-state index is 11.7. The largest absolute Gasteiger partial charge is 0.326 e. The van der Waals surface area contributed by atoms with E-state index in [9.17, 15) is 4.79 Å². The summed E-state index contributed by atoms with van der Waals surface area (Å²) in [4.78, 5) is 11.7. The summed E-state index contributed by atoms with van der Waals surface area (Å²) in [6.07, 6.45) is 0.493. The summed E-state index contributed by atoms with van der Waals surface area (Å²) in [5.74, 6) is 0.0155. The van der Waals surface area contributed by atoms with E-state index in [4.69, 9.17) is 11.6 Å². The minimum atomic E-state index is -0.00621. The summed E-state index contributed by atoms with van der Waals surface area (Å²) in [5, 5.41) is 3.47. The maximum absolute atomic E-state index is 11.7. The van der Waals surface area contributed by atoms with Gasteiger partial charge in [-0.3, -0.25) is 4.79 Å². The minimum absolute atomic E-state index is 0.00621. The van der Waals surface area contributed by atoms with Crippen LogP contribution in [0.5, 0.6) is 0 Å². The van der Waals surface area contributed by atoms with Gasteiger partial charge in [-0.2, -0.15) is 0 Å². The Kier molecular flexibility index (Phi) is 4.39. The number of rotatable bonds is 2. The molecular formula is C12H15BrClNO. The molecule has 0 saturated carbocycles. The van der Waals surface area contributed by atoms with Crippen molar-refractivity contribution < 1.29 is 4.79 Å². The third kappa shape index (κ3) is 4.54. The lowest BCUT2D eigenvalue weighted by atomic mass is 9.92. The molecule has 0 fully saturated rings. The lowest BCUT2D eigenvalue weighted by Crippen LogP contribution is -2.19. The van der Waals surface area contributed by atoms with Crippen molar-refractivity contribution in [2.45, 2.75) is 27.2 Å². The molecule has 88 valence electrons. The first-order chi connectivity index (χ1) is 7.28. The average molecular weight is 305 g/mol. The van der Waals surface area contributed by atoms with Crippen molar-refractivity contribution in [1.29, 1.82) is 0 Å². The van der Waals surface area contributed by atoms with Gasteiger partial charge in [0.25, 0.3) is 0 Å². The van der Waals surface area contributed by atoms with Crippen LogP contribution >= 0.6 is 27.5 Å². The van der Waals surface area contributed by atoms with Crippen LogP contribution in [-0.4, -0.2) is 5.91 Å². The molecule has 1 aromatic carbocycles. The highest BCUT2D eigenvalue weighted by Crippen LogP contribution is 2.26. The average Bonchev–Trinajstić information content (AvgIpc) is 2.08. The molecule has 1 rings (SSSR count). The van der Waals surface area contributed by atoms with Gasteiger partial charge in [0, 0.05) is 16.6 Å². The maximum Gasteiger partial charge on any atom is 0.224 e. The van der Waals surface area contributed by atoms with Crippen molar-refractivity contribution in [3.05, 3.63) is 27.7 Å². The molecule has 0 bridgehead atoms. The van der Waals surface area contributed by atoms with Crippen LogP contribution in [0.1, 0.15) is 27.2 Å². The Balaban J connectivity index is 2.67. The third-order valence-electron chi connectivity index (χ3n) is 1.89. The van der Waals surface area contributed by atoms with E-state index < -0.39 is 0 Å². The van der Waals surface area contributed by atoms with Gasteiger partial charge >= 0.3 is 0 Å². The SMILES string of the molecule is CC(C)(C)CC(=O)Nc1ccc(Cl)c(Br)c1. The Bertz CT molecular complexity index is 398. The zero-order valence-electron chi connectivity index (χ0n) is 9.60. The predicted molar refractivity (Wildman–Crippen MR) is 71.9 cm³/mol. The summed E-state index contributed by atoms with van der Waals surface area (Å²) in [7, 11) is 0. The Labute approximate surface area is 110 Å². The number of hydrogen-bond acceptors (Lipinski definition) is 1. The van der Waals surface area contributed by atoms with Gasteiger partial charge in [-0.05, 0) is 39.5 Å². The number of carbonyl (C=O) groups excluding carboxylic acids is 1. The number of hydrogen-bond donors (Lipinski definition) is 1. The summed E-state index contributed by atoms with van der Waals surface area (Å²) in [5.41, 5.74) is 0.749. The first kappa shape index (κ1) is 13.5. The van der Waals surface area contributed by atoms with Gasteiger partial charge in [0.05, 0.1) is 5.02 Å². The number of anilines is 1. The van der Waals surface area contributed by atoms with E-state index in [2.05, 4.69) is 21.2 Å². The van der Waals surface area contributed by atoms with Crippen LogP contribution in [0.3, 0.4) is 0 Å². The molecule has 16 heavy (non-hydrogen) atoms. The first-order valence-corrected chi connectivity index (χ1v) is 6.20. The molecule has 0 aliphatic carbocycles. The monoisotopic (exact) mass is 303 g/mol. The lowest BCUT2D eigenvalue weighted by molar-refractivity contribution is -0.117. The fourth-order valence-corrected chi connectivity index (χ4v) is 1.76. The Morgan fingerprint density at radius 3 is 2.56 bits per heavy atom. The molecule has 4 heteroatoms. The standard InChI is InChI=1S/C12H15BrClNO/c1-12(2,3)7-11(16)15-8-4-5-10(14)9(13)6-8/h4-6H,7H2,1-3H3,(H,15,16). The van der Waals surface area contributed by atoms with Crippen molar-refractivity contribution in [2.24, 2.45) is 5.41 Å². The van der Waals surface area contributed by atoms with E-state index in [0.717, 1.165) is 10.2 Å². The topological polar surface area (TPSA) is 29.1 Å². The first-order valence-electron chi connectivity index (χ1n) is 5.03. The molecular weight excluding hydrogens is 289 g/mol. The second kappa shape index (κ2) is 5.19. The van der Waals surface area contributed by atoms with E-state index in [1.54, 1.807) is 18.2 Å². The molecule has 1 aromatic rings. The molecule has 0 spiro atoms. The summed E-state index contributed by atoms with van der Waals surface area (Å²) < 4.78 is 0.780. The highest BCUT2D eigenvalue weighted by atomic mass is 79.9. The van der Waals surface area contributed by atoms with Gasteiger partial charge in [-0.1, -0.05) is 32.4 Å². The molecule has 0 aromatic heterocycles. The van der Waals surface area contributed by atoms with Crippen LogP contribution < -0.4 is 5.32 Å². The minimum Gasteiger partial charge on any atom is -0.326 e. The highest BCUT2D eigenvalue weighted by molar-refractivity contribution is 9.10. The van der Waals surface area contributed by atoms with Crippen LogP contribution in [0.15, 0.2) is 22.7 Å². The Morgan fingerprint density at radius 2 is 2.06 bits per heavy atom. The smallest absolute Gasteiger partial charge is 0.224 e. The molecule has 1 amide bonds. The van der Waals surface area contributed by atoms with Crippen LogP contribution in [0.2, 0.25) is 5.02 Å². The molecule has 0 radical (unpaired) electrons. The molecule has 0 atom stereocenters. The van der Waals surface area contributed by atoms with E-state index >= 15 is 0 Å². The van der Waals surface area contributed by atoms with Gasteiger partial charge in [0.15, 0.2) is 0 Å². The van der Waals surface area contributed by atoms with Crippen LogP contribution in [0.25, 0.3) is 0 Å². The van der Waals surface area contributed by atoms with E-state index in [1.807, 2.05) is 20.8 Å². The number of benzene rings is 1. The molecule has 0 heterocycles. The van der Waals surface area contributed by atoms with E-state index in [0.29, 0.717) is 11.4 Å². The van der Waals surface area contributed by atoms with Crippen molar-refractivity contribution in [3.8, 4) is 0 Å². The van der Waals surface area contributed by atoms with Gasteiger partial charge in [0.2, 0.25) is 5.91 Å². The lowest BCUT2D eigenvalue weighted by Gasteiger charge is -2.17. The predicted octanol–water partition coefficient (Wildman–Crippen LogP) is 4.48. The van der Waals surface area contributed by atoms with E-state index in [1.165, 1.54) is 0 Å². The van der Waals surface area contributed by atoms with Crippen LogP contribution in [0, 0.1) is 5.41 Å². The summed E-state index contributed by atoms with van der Waals surface area (Å²) in [6, 6.07) is 5.33. The molecule has 0 aliphatic rings. The van der Waals surface area contributed by atoms with Crippen molar-refractivity contribution in [1.82, 2.24) is 0 Å². The number of carbonyl (C=O) groups is 1. The van der Waals surface area contributed by atoms with Gasteiger partial charge in [-0.25, -0.2) is 0 Å². The second-order valence-electron chi connectivity index (χ2n) is 4.91. The van der Waals surface area contributed by atoms with Gasteiger partial charge < -0.3 is 5.32 Å². The molecule has 1 N–H and O–H groups in total. The van der Waals surface area contributed by atoms with Gasteiger partial charge in [0.1, 0.15) is 0 Å². The number of amides is 1. The zero-order chi connectivity index (χ0) is 12.3. The van der Waals surface area contributed by atoms with Crippen molar-refractivity contribution >= 4 is 39.1 Å². The van der Waals surface area contributed by atoms with Crippen molar-refractivity contribution in [2.75, 3.05) is 5.32 Å². The summed E-state index contributed by atoms with van der Waals surface area (Å²) >= 11 is 9.18. The Morgan fingerprint density at radius 1 is 1.44 bits per heavy atom. The van der Waals surface area contributed by atoms with E-state index in [-0.39, 0.29) is 11.3 Å². The molecule has 2 nitrogen and oxygen atoms in total. The third-order valence-corrected chi connectivity index (χ3v) is 3.11. The number of nitrogens with one attached hydrogen (secondary N) is 1. The fraction of sp³-hybridized carbons (Fsp3) is 0.417. The zero-order valence-corrected chi connectivity index (χ0v) is 11.9. The Hall–Kier alpha value is -0.540. The second-order valence-corrected chi connectivity index (χ2v) is 6.18. The van der Waals surface area contributed by atoms with Crippen molar-refractivity contribution in [3.63, 3.8) is 0 Å². The van der Waals surface area contributed by atoms with Crippen LogP contribution in [-0.2, 0) is 4.79 Å². The molecule has 0 aliphatic heterocycles. The quantitative estimate of drug-likeness (QED) is 0.857. The van der Waals surface area contributed by atoms with Crippen LogP contribution in [0.4, 0.5) is 5.69 Å². The summed E-state index contributed by atoms with van der Waals surface area (Å²) in [6.45, 7) is 6.10. The van der Waals surface area contributed by atoms with Gasteiger partial charge in [-0.15, -0.1) is 0 Å². The number of halogens is 2. The molecule has 0 saturated heterocycles. The fourth-order valence-electron chi connectivity index (χ4n) is 1.26.